The van der Waals surface area contributed by atoms with Crippen LogP contribution in [-0.4, -0.2) is 36.6 Å². The third-order valence-corrected chi connectivity index (χ3v) is 7.39. The van der Waals surface area contributed by atoms with Crippen LogP contribution in [-0.2, 0) is 10.0 Å². The second-order valence-corrected chi connectivity index (χ2v) is 9.99. The summed E-state index contributed by atoms with van der Waals surface area (Å²) in [4.78, 5) is 12.5. The molecule has 0 bridgehead atoms. The molecular formula is C23H25N5O4S. The van der Waals surface area contributed by atoms with E-state index < -0.39 is 14.9 Å². The van der Waals surface area contributed by atoms with Crippen LogP contribution in [0.25, 0.3) is 11.3 Å². The third kappa shape index (κ3) is 5.11. The number of hydrogen-bond donors (Lipinski definition) is 1. The smallest absolute Gasteiger partial charge is 0.270 e. The van der Waals surface area contributed by atoms with E-state index in [1.54, 1.807) is 31.2 Å². The van der Waals surface area contributed by atoms with Gasteiger partial charge in [-0.2, -0.15) is 0 Å². The first-order valence-corrected chi connectivity index (χ1v) is 12.2. The molecule has 0 atom stereocenters. The van der Waals surface area contributed by atoms with Crippen molar-refractivity contribution in [1.82, 2.24) is 10.2 Å². The number of sulfonamides is 1. The number of aryl methyl sites for hydroxylation is 1. The van der Waals surface area contributed by atoms with Gasteiger partial charge in [0.1, 0.15) is 0 Å². The predicted molar refractivity (Wildman–Crippen MR) is 127 cm³/mol. The van der Waals surface area contributed by atoms with Gasteiger partial charge in [0.15, 0.2) is 5.82 Å². The van der Waals surface area contributed by atoms with Crippen LogP contribution in [0.3, 0.4) is 0 Å². The van der Waals surface area contributed by atoms with E-state index in [9.17, 15) is 18.5 Å². The van der Waals surface area contributed by atoms with Crippen molar-refractivity contribution in [1.29, 1.82) is 0 Å². The van der Waals surface area contributed by atoms with Gasteiger partial charge in [-0.25, -0.2) is 8.42 Å². The Labute approximate surface area is 192 Å². The number of nitrogens with zero attached hydrogens (tertiary/aromatic N) is 4. The fourth-order valence-electron chi connectivity index (χ4n) is 3.80. The highest BCUT2D eigenvalue weighted by molar-refractivity contribution is 7.92. The number of hydrogen-bond acceptors (Lipinski definition) is 7. The third-order valence-electron chi connectivity index (χ3n) is 5.86. The van der Waals surface area contributed by atoms with Crippen LogP contribution < -0.4 is 9.62 Å². The maximum absolute atomic E-state index is 12.8. The van der Waals surface area contributed by atoms with Crippen molar-refractivity contribution in [3.05, 3.63) is 70.3 Å². The van der Waals surface area contributed by atoms with Crippen molar-refractivity contribution in [2.24, 2.45) is 5.92 Å². The molecule has 0 unspecified atom stereocenters. The molecule has 1 fully saturated rings. The number of rotatable bonds is 6. The lowest BCUT2D eigenvalue weighted by Gasteiger charge is -2.30. The lowest BCUT2D eigenvalue weighted by molar-refractivity contribution is -0.385. The van der Waals surface area contributed by atoms with Crippen molar-refractivity contribution in [3.63, 3.8) is 0 Å². The Morgan fingerprint density at radius 2 is 1.73 bits per heavy atom. The highest BCUT2D eigenvalue weighted by atomic mass is 32.2. The van der Waals surface area contributed by atoms with Crippen molar-refractivity contribution >= 4 is 27.2 Å². The Bertz CT molecular complexity index is 1250. The fourth-order valence-corrected chi connectivity index (χ4v) is 5.12. The number of anilines is 2. The quantitative estimate of drug-likeness (QED) is 0.422. The molecule has 1 aromatic heterocycles. The normalized spacial score (nSPS) is 14.8. The zero-order valence-electron chi connectivity index (χ0n) is 18.4. The second kappa shape index (κ2) is 9.14. The van der Waals surface area contributed by atoms with Gasteiger partial charge in [-0.05, 0) is 55.5 Å². The summed E-state index contributed by atoms with van der Waals surface area (Å²) >= 11 is 0. The standard InChI is InChI=1S/C23H25N5O4S/c1-16-11-13-27(14-12-16)23-10-9-21(24-25-23)18-4-6-19(7-5-18)26-33(31,32)22-15-20(28(29)30)8-3-17(22)2/h3-10,15-16,26H,11-14H2,1-2H3. The van der Waals surface area contributed by atoms with Crippen LogP contribution in [0.1, 0.15) is 25.3 Å². The highest BCUT2D eigenvalue weighted by Crippen LogP contribution is 2.26. The molecule has 0 aliphatic carbocycles. The topological polar surface area (TPSA) is 118 Å². The fraction of sp³-hybridized carbons (Fsp3) is 0.304. The van der Waals surface area contributed by atoms with Crippen LogP contribution >= 0.6 is 0 Å². The largest absolute Gasteiger partial charge is 0.355 e. The average Bonchev–Trinajstić information content (AvgIpc) is 2.80. The van der Waals surface area contributed by atoms with Crippen molar-refractivity contribution < 1.29 is 13.3 Å². The molecule has 1 aliphatic heterocycles. The molecule has 1 saturated heterocycles. The summed E-state index contributed by atoms with van der Waals surface area (Å²) < 4.78 is 28.1. The molecule has 3 aromatic rings. The first-order chi connectivity index (χ1) is 15.7. The van der Waals surface area contributed by atoms with E-state index >= 15 is 0 Å². The average molecular weight is 468 g/mol. The van der Waals surface area contributed by atoms with E-state index in [1.807, 2.05) is 12.1 Å². The van der Waals surface area contributed by atoms with E-state index in [0.29, 0.717) is 16.9 Å². The number of nitro benzene ring substituents is 1. The van der Waals surface area contributed by atoms with Crippen molar-refractivity contribution in [2.75, 3.05) is 22.7 Å². The van der Waals surface area contributed by atoms with Gasteiger partial charge >= 0.3 is 0 Å². The van der Waals surface area contributed by atoms with Crippen LogP contribution in [0.2, 0.25) is 0 Å². The van der Waals surface area contributed by atoms with Crippen LogP contribution in [0.4, 0.5) is 17.2 Å². The SMILES string of the molecule is Cc1ccc([N+](=O)[O-])cc1S(=O)(=O)Nc1ccc(-c2ccc(N3CCC(C)CC3)nn2)cc1. The summed E-state index contributed by atoms with van der Waals surface area (Å²) in [5, 5.41) is 19.7. The number of piperidine rings is 1. The predicted octanol–water partition coefficient (Wildman–Crippen LogP) is 4.40. The number of non-ortho nitro benzene ring substituents is 1. The van der Waals surface area contributed by atoms with Crippen LogP contribution in [0.15, 0.2) is 59.5 Å². The van der Waals surface area contributed by atoms with Gasteiger partial charge in [-0.1, -0.05) is 25.1 Å². The van der Waals surface area contributed by atoms with Gasteiger partial charge in [-0.15, -0.1) is 10.2 Å². The summed E-state index contributed by atoms with van der Waals surface area (Å²) in [6.07, 6.45) is 2.30. The molecule has 1 N–H and O–H groups in total. The van der Waals surface area contributed by atoms with E-state index in [-0.39, 0.29) is 10.6 Å². The number of benzene rings is 2. The number of nitrogens with one attached hydrogen (secondary N) is 1. The molecule has 0 saturated carbocycles. The zero-order chi connectivity index (χ0) is 23.6. The Balaban J connectivity index is 1.48. The van der Waals surface area contributed by atoms with Gasteiger partial charge in [0.2, 0.25) is 0 Å². The monoisotopic (exact) mass is 467 g/mol. The molecule has 0 spiro atoms. The van der Waals surface area contributed by atoms with E-state index in [4.69, 9.17) is 0 Å². The van der Waals surface area contributed by atoms with Gasteiger partial charge < -0.3 is 4.90 Å². The highest BCUT2D eigenvalue weighted by Gasteiger charge is 2.21. The molecular weight excluding hydrogens is 442 g/mol. The first kappa shape index (κ1) is 22.7. The summed E-state index contributed by atoms with van der Waals surface area (Å²) in [5.74, 6) is 1.60. The molecule has 33 heavy (non-hydrogen) atoms. The van der Waals surface area contributed by atoms with E-state index in [1.165, 1.54) is 12.1 Å². The lowest BCUT2D eigenvalue weighted by atomic mass is 9.99. The Morgan fingerprint density at radius 3 is 2.33 bits per heavy atom. The van der Waals surface area contributed by atoms with Crippen LogP contribution in [0.5, 0.6) is 0 Å². The first-order valence-electron chi connectivity index (χ1n) is 10.7. The molecule has 1 aliphatic rings. The molecule has 9 nitrogen and oxygen atoms in total. The molecule has 172 valence electrons. The minimum absolute atomic E-state index is 0.130. The van der Waals surface area contributed by atoms with Gasteiger partial charge in [0, 0.05) is 36.5 Å². The van der Waals surface area contributed by atoms with Crippen LogP contribution in [0, 0.1) is 23.0 Å². The lowest BCUT2D eigenvalue weighted by Crippen LogP contribution is -2.33. The summed E-state index contributed by atoms with van der Waals surface area (Å²) in [6, 6.07) is 14.4. The van der Waals surface area contributed by atoms with Gasteiger partial charge in [0.25, 0.3) is 15.7 Å². The molecule has 10 heteroatoms. The van der Waals surface area contributed by atoms with Gasteiger partial charge in [0.05, 0.1) is 15.5 Å². The Morgan fingerprint density at radius 1 is 1.03 bits per heavy atom. The van der Waals surface area contributed by atoms with Gasteiger partial charge in [-0.3, -0.25) is 14.8 Å². The molecule has 0 amide bonds. The minimum Gasteiger partial charge on any atom is -0.355 e. The maximum atomic E-state index is 12.8. The summed E-state index contributed by atoms with van der Waals surface area (Å²) in [6.45, 7) is 5.82. The molecule has 4 rings (SSSR count). The minimum atomic E-state index is -3.99. The molecule has 2 heterocycles. The van der Waals surface area contributed by atoms with Crippen molar-refractivity contribution in [3.8, 4) is 11.3 Å². The second-order valence-electron chi connectivity index (χ2n) is 8.34. The number of nitro groups is 1. The zero-order valence-corrected chi connectivity index (χ0v) is 19.2. The van der Waals surface area contributed by atoms with E-state index in [0.717, 1.165) is 49.3 Å². The summed E-state index contributed by atoms with van der Waals surface area (Å²) in [5.41, 5.74) is 1.97. The maximum Gasteiger partial charge on any atom is 0.270 e. The Kier molecular flexibility index (Phi) is 6.28. The molecule has 2 aromatic carbocycles. The number of aromatic nitrogens is 2. The summed E-state index contributed by atoms with van der Waals surface area (Å²) in [7, 11) is -3.99. The Hall–Kier alpha value is -3.53. The van der Waals surface area contributed by atoms with E-state index in [2.05, 4.69) is 26.7 Å². The molecule has 0 radical (unpaired) electrons. The van der Waals surface area contributed by atoms with Crippen molar-refractivity contribution in [2.45, 2.75) is 31.6 Å².